The lowest BCUT2D eigenvalue weighted by Crippen LogP contribution is -1.99. The predicted molar refractivity (Wildman–Crippen MR) is 125 cm³/mol. The number of benzene rings is 2. The van der Waals surface area contributed by atoms with Gasteiger partial charge in [0.1, 0.15) is 0 Å². The number of hydrogen-bond acceptors (Lipinski definition) is 2. The Morgan fingerprint density at radius 1 is 0.621 bits per heavy atom. The molecule has 0 spiro atoms. The van der Waals surface area contributed by atoms with Gasteiger partial charge < -0.3 is 4.74 Å². The Bertz CT molecular complexity index is 569. The molecular formula is C27H40O2. The number of esters is 1. The first-order chi connectivity index (χ1) is 14.3. The molecular weight excluding hydrogens is 356 g/mol. The molecule has 160 valence electrons. The monoisotopic (exact) mass is 396 g/mol. The Hall–Kier alpha value is -2.09. The third kappa shape index (κ3) is 13.7. The van der Waals surface area contributed by atoms with Gasteiger partial charge in [-0.3, -0.25) is 4.79 Å². The highest BCUT2D eigenvalue weighted by molar-refractivity contribution is 5.69. The molecule has 0 aliphatic carbocycles. The molecule has 0 amide bonds. The van der Waals surface area contributed by atoms with Gasteiger partial charge in [-0.2, -0.15) is 0 Å². The normalized spacial score (nSPS) is 10.1. The predicted octanol–water partition coefficient (Wildman–Crippen LogP) is 8.21. The maximum atomic E-state index is 10.8. The molecule has 2 nitrogen and oxygen atoms in total. The van der Waals surface area contributed by atoms with E-state index in [9.17, 15) is 4.79 Å². The quantitative estimate of drug-likeness (QED) is 0.252. The van der Waals surface area contributed by atoms with Crippen molar-refractivity contribution in [1.82, 2.24) is 0 Å². The SMILES string of the molecule is CCCCCCCCCCCCCC(=O)OC.c1ccc(-c2ccccc2)cc1. The van der Waals surface area contributed by atoms with Gasteiger partial charge in [0.15, 0.2) is 0 Å². The number of methoxy groups -OCH3 is 1. The summed E-state index contributed by atoms with van der Waals surface area (Å²) in [5.74, 6) is -0.0686. The van der Waals surface area contributed by atoms with Crippen LogP contribution in [0.5, 0.6) is 0 Å². The van der Waals surface area contributed by atoms with Crippen molar-refractivity contribution in [2.24, 2.45) is 0 Å². The van der Waals surface area contributed by atoms with Crippen LogP contribution in [-0.4, -0.2) is 13.1 Å². The van der Waals surface area contributed by atoms with E-state index >= 15 is 0 Å². The Balaban J connectivity index is 0.000000304. The van der Waals surface area contributed by atoms with Crippen LogP contribution in [0.25, 0.3) is 11.1 Å². The van der Waals surface area contributed by atoms with Gasteiger partial charge in [-0.05, 0) is 17.5 Å². The summed E-state index contributed by atoms with van der Waals surface area (Å²) in [6, 6.07) is 20.8. The summed E-state index contributed by atoms with van der Waals surface area (Å²) in [6.07, 6.45) is 15.1. The van der Waals surface area contributed by atoms with Gasteiger partial charge in [0.2, 0.25) is 0 Å². The number of rotatable bonds is 13. The highest BCUT2D eigenvalue weighted by Gasteiger charge is 1.99. The maximum Gasteiger partial charge on any atom is 0.305 e. The van der Waals surface area contributed by atoms with Crippen LogP contribution in [0.15, 0.2) is 60.7 Å². The van der Waals surface area contributed by atoms with Gasteiger partial charge in [-0.1, -0.05) is 132 Å². The molecule has 2 rings (SSSR count). The van der Waals surface area contributed by atoms with E-state index in [0.29, 0.717) is 6.42 Å². The van der Waals surface area contributed by atoms with Crippen molar-refractivity contribution in [1.29, 1.82) is 0 Å². The summed E-state index contributed by atoms with van der Waals surface area (Å²) in [7, 11) is 1.46. The minimum absolute atomic E-state index is 0.0686. The van der Waals surface area contributed by atoms with Crippen LogP contribution in [0.1, 0.15) is 84.0 Å². The number of unbranched alkanes of at least 4 members (excludes halogenated alkanes) is 10. The van der Waals surface area contributed by atoms with E-state index in [2.05, 4.69) is 60.2 Å². The Kier molecular flexibility index (Phi) is 15.5. The van der Waals surface area contributed by atoms with E-state index in [1.165, 1.54) is 82.4 Å². The molecule has 0 radical (unpaired) electrons. The third-order valence-corrected chi connectivity index (χ3v) is 5.09. The molecule has 0 bridgehead atoms. The Morgan fingerprint density at radius 2 is 1.00 bits per heavy atom. The second-order valence-electron chi connectivity index (χ2n) is 7.59. The highest BCUT2D eigenvalue weighted by Crippen LogP contribution is 2.17. The number of carbonyl (C=O) groups excluding carboxylic acids is 1. The van der Waals surface area contributed by atoms with Gasteiger partial charge >= 0.3 is 5.97 Å². The highest BCUT2D eigenvalue weighted by atomic mass is 16.5. The summed E-state index contributed by atoms with van der Waals surface area (Å²) in [6.45, 7) is 2.26. The number of hydrogen-bond donors (Lipinski definition) is 0. The molecule has 0 N–H and O–H groups in total. The Morgan fingerprint density at radius 3 is 1.38 bits per heavy atom. The second kappa shape index (κ2) is 18.0. The van der Waals surface area contributed by atoms with Gasteiger partial charge in [0, 0.05) is 6.42 Å². The third-order valence-electron chi connectivity index (χ3n) is 5.09. The standard InChI is InChI=1S/C15H30O2.C12H10/c1-3-4-5-6-7-8-9-10-11-12-13-14-15(16)17-2;1-3-7-11(8-4-1)12-9-5-2-6-10-12/h3-14H2,1-2H3;1-10H. The van der Waals surface area contributed by atoms with Gasteiger partial charge in [-0.15, -0.1) is 0 Å². The molecule has 0 heterocycles. The lowest BCUT2D eigenvalue weighted by Gasteiger charge is -2.02. The average molecular weight is 397 g/mol. The average Bonchev–Trinajstić information content (AvgIpc) is 2.79. The number of carbonyl (C=O) groups is 1. The summed E-state index contributed by atoms with van der Waals surface area (Å²) >= 11 is 0. The largest absolute Gasteiger partial charge is 0.469 e. The first kappa shape index (κ1) is 24.9. The zero-order valence-electron chi connectivity index (χ0n) is 18.6. The summed E-state index contributed by atoms with van der Waals surface area (Å²) in [5, 5.41) is 0. The van der Waals surface area contributed by atoms with Crippen LogP contribution < -0.4 is 0 Å². The topological polar surface area (TPSA) is 26.3 Å². The van der Waals surface area contributed by atoms with Crippen LogP contribution in [0.3, 0.4) is 0 Å². The lowest BCUT2D eigenvalue weighted by atomic mass is 10.1. The fraction of sp³-hybridized carbons (Fsp3) is 0.519. The molecule has 0 aliphatic rings. The van der Waals surface area contributed by atoms with Crippen LogP contribution in [-0.2, 0) is 9.53 Å². The molecule has 0 fully saturated rings. The first-order valence-electron chi connectivity index (χ1n) is 11.4. The van der Waals surface area contributed by atoms with Crippen molar-refractivity contribution in [3.05, 3.63) is 60.7 Å². The molecule has 0 unspecified atom stereocenters. The summed E-state index contributed by atoms with van der Waals surface area (Å²) in [5.41, 5.74) is 2.55. The molecule has 0 saturated heterocycles. The van der Waals surface area contributed by atoms with Crippen LogP contribution >= 0.6 is 0 Å². The van der Waals surface area contributed by atoms with Crippen molar-refractivity contribution >= 4 is 5.97 Å². The first-order valence-corrected chi connectivity index (χ1v) is 11.4. The smallest absolute Gasteiger partial charge is 0.305 e. The van der Waals surface area contributed by atoms with Crippen LogP contribution in [0.4, 0.5) is 0 Å². The van der Waals surface area contributed by atoms with Gasteiger partial charge in [-0.25, -0.2) is 0 Å². The summed E-state index contributed by atoms with van der Waals surface area (Å²) < 4.78 is 4.60. The molecule has 0 aliphatic heterocycles. The van der Waals surface area contributed by atoms with Crippen molar-refractivity contribution in [3.63, 3.8) is 0 Å². The molecule has 2 aromatic carbocycles. The fourth-order valence-corrected chi connectivity index (χ4v) is 3.30. The maximum absolute atomic E-state index is 10.8. The van der Waals surface area contributed by atoms with Crippen molar-refractivity contribution in [2.75, 3.05) is 7.11 Å². The van der Waals surface area contributed by atoms with E-state index in [1.54, 1.807) is 0 Å². The minimum atomic E-state index is -0.0686. The summed E-state index contributed by atoms with van der Waals surface area (Å²) in [4.78, 5) is 10.8. The molecule has 0 aromatic heterocycles. The van der Waals surface area contributed by atoms with Crippen molar-refractivity contribution < 1.29 is 9.53 Å². The van der Waals surface area contributed by atoms with Gasteiger partial charge in [0.05, 0.1) is 7.11 Å². The zero-order valence-corrected chi connectivity index (χ0v) is 18.6. The van der Waals surface area contributed by atoms with E-state index < -0.39 is 0 Å². The molecule has 29 heavy (non-hydrogen) atoms. The van der Waals surface area contributed by atoms with E-state index in [-0.39, 0.29) is 5.97 Å². The Labute approximate surface area is 178 Å². The lowest BCUT2D eigenvalue weighted by molar-refractivity contribution is -0.140. The van der Waals surface area contributed by atoms with E-state index in [1.807, 2.05) is 12.1 Å². The van der Waals surface area contributed by atoms with Crippen LogP contribution in [0, 0.1) is 0 Å². The van der Waals surface area contributed by atoms with E-state index in [0.717, 1.165) is 6.42 Å². The van der Waals surface area contributed by atoms with E-state index in [4.69, 9.17) is 0 Å². The minimum Gasteiger partial charge on any atom is -0.469 e. The molecule has 0 saturated carbocycles. The van der Waals surface area contributed by atoms with Gasteiger partial charge in [0.25, 0.3) is 0 Å². The van der Waals surface area contributed by atoms with Crippen LogP contribution in [0.2, 0.25) is 0 Å². The van der Waals surface area contributed by atoms with Crippen molar-refractivity contribution in [2.45, 2.75) is 84.0 Å². The fourth-order valence-electron chi connectivity index (χ4n) is 3.30. The zero-order chi connectivity index (χ0) is 21.0. The number of ether oxygens (including phenoxy) is 1. The second-order valence-corrected chi connectivity index (χ2v) is 7.59. The molecule has 2 heteroatoms. The molecule has 0 atom stereocenters. The van der Waals surface area contributed by atoms with Crippen molar-refractivity contribution in [3.8, 4) is 11.1 Å². The molecule has 2 aromatic rings.